The molecule has 0 saturated carbocycles. The Hall–Kier alpha value is -1.37. The number of ether oxygens (including phenoxy) is 1. The first-order valence-electron chi connectivity index (χ1n) is 6.79. The lowest BCUT2D eigenvalue weighted by Gasteiger charge is -2.17. The van der Waals surface area contributed by atoms with E-state index in [0.717, 1.165) is 17.7 Å². The van der Waals surface area contributed by atoms with Gasteiger partial charge in [0.25, 0.3) is 10.0 Å². The molecule has 0 amide bonds. The Morgan fingerprint density at radius 1 is 1.24 bits per heavy atom. The molecule has 2 aromatic rings. The molecule has 21 heavy (non-hydrogen) atoms. The minimum absolute atomic E-state index is 0.191. The number of benzene rings is 1. The van der Waals surface area contributed by atoms with Gasteiger partial charge in [-0.25, -0.2) is 8.42 Å². The van der Waals surface area contributed by atoms with E-state index in [1.807, 2.05) is 24.3 Å². The number of rotatable bonds is 4. The first-order valence-corrected chi connectivity index (χ1v) is 9.11. The van der Waals surface area contributed by atoms with Crippen molar-refractivity contribution in [2.45, 2.75) is 16.5 Å². The van der Waals surface area contributed by atoms with Crippen LogP contribution in [-0.4, -0.2) is 32.9 Å². The molecule has 0 radical (unpaired) electrons. The van der Waals surface area contributed by atoms with Crippen molar-refractivity contribution in [2.75, 3.05) is 20.2 Å². The molecule has 1 atom stereocenters. The Labute approximate surface area is 129 Å². The normalized spacial score (nSPS) is 19.8. The van der Waals surface area contributed by atoms with Gasteiger partial charge in [-0.3, -0.25) is 0 Å². The van der Waals surface area contributed by atoms with E-state index >= 15 is 0 Å². The van der Waals surface area contributed by atoms with Crippen LogP contribution in [0.25, 0.3) is 0 Å². The summed E-state index contributed by atoms with van der Waals surface area (Å²) < 4.78 is 32.4. The van der Waals surface area contributed by atoms with E-state index in [2.05, 4.69) is 0 Å². The Morgan fingerprint density at radius 3 is 2.76 bits per heavy atom. The Kier molecular flexibility index (Phi) is 4.01. The molecule has 1 aliphatic rings. The van der Waals surface area contributed by atoms with Gasteiger partial charge in [0.2, 0.25) is 0 Å². The van der Waals surface area contributed by atoms with E-state index in [9.17, 15) is 8.42 Å². The highest BCUT2D eigenvalue weighted by Gasteiger charge is 2.34. The minimum Gasteiger partial charge on any atom is -0.496 e. The number of methoxy groups -OCH3 is 1. The van der Waals surface area contributed by atoms with Gasteiger partial charge in [0.15, 0.2) is 0 Å². The second-order valence-electron chi connectivity index (χ2n) is 5.02. The second kappa shape index (κ2) is 5.79. The molecule has 2 heterocycles. The number of para-hydroxylation sites is 1. The molecule has 3 rings (SSSR count). The lowest BCUT2D eigenvalue weighted by molar-refractivity contribution is 0.405. The van der Waals surface area contributed by atoms with Crippen molar-refractivity contribution in [3.05, 3.63) is 47.3 Å². The molecule has 1 aromatic heterocycles. The van der Waals surface area contributed by atoms with Crippen LogP contribution in [0.5, 0.6) is 5.75 Å². The number of thiophene rings is 1. The fourth-order valence-corrected chi connectivity index (χ4v) is 5.39. The molecule has 1 fully saturated rings. The Balaban J connectivity index is 1.83. The van der Waals surface area contributed by atoms with E-state index < -0.39 is 10.0 Å². The summed E-state index contributed by atoms with van der Waals surface area (Å²) in [6, 6.07) is 11.3. The monoisotopic (exact) mass is 323 g/mol. The zero-order valence-corrected chi connectivity index (χ0v) is 13.4. The van der Waals surface area contributed by atoms with Crippen molar-refractivity contribution >= 4 is 21.4 Å². The van der Waals surface area contributed by atoms with E-state index in [0.29, 0.717) is 17.3 Å². The van der Waals surface area contributed by atoms with Crippen molar-refractivity contribution in [3.8, 4) is 5.75 Å². The third-order valence-electron chi connectivity index (χ3n) is 3.82. The topological polar surface area (TPSA) is 46.6 Å². The van der Waals surface area contributed by atoms with Gasteiger partial charge in [-0.05, 0) is 29.5 Å². The van der Waals surface area contributed by atoms with Gasteiger partial charge in [-0.2, -0.15) is 4.31 Å². The molecule has 1 saturated heterocycles. The molecule has 1 aromatic carbocycles. The molecular weight excluding hydrogens is 306 g/mol. The van der Waals surface area contributed by atoms with Gasteiger partial charge < -0.3 is 4.74 Å². The van der Waals surface area contributed by atoms with Crippen LogP contribution in [0, 0.1) is 0 Å². The largest absolute Gasteiger partial charge is 0.496 e. The van der Waals surface area contributed by atoms with Crippen molar-refractivity contribution in [2.24, 2.45) is 0 Å². The van der Waals surface area contributed by atoms with E-state index in [-0.39, 0.29) is 5.92 Å². The van der Waals surface area contributed by atoms with Crippen LogP contribution < -0.4 is 4.74 Å². The van der Waals surface area contributed by atoms with Crippen LogP contribution in [0.3, 0.4) is 0 Å². The van der Waals surface area contributed by atoms with E-state index in [4.69, 9.17) is 4.74 Å². The standard InChI is InChI=1S/C15H17NO3S2/c1-19-14-6-3-2-5-13(14)12-8-9-16(11-12)21(17,18)15-7-4-10-20-15/h2-7,10,12H,8-9,11H2,1H3. The third kappa shape index (κ3) is 2.71. The molecule has 0 spiro atoms. The maximum absolute atomic E-state index is 12.5. The summed E-state index contributed by atoms with van der Waals surface area (Å²) in [6.45, 7) is 1.07. The van der Waals surface area contributed by atoms with Gasteiger partial charge >= 0.3 is 0 Å². The SMILES string of the molecule is COc1ccccc1C1CCN(S(=O)(=O)c2cccs2)C1. The lowest BCUT2D eigenvalue weighted by atomic mass is 9.97. The summed E-state index contributed by atoms with van der Waals surface area (Å²) in [7, 11) is -1.70. The number of sulfonamides is 1. The summed E-state index contributed by atoms with van der Waals surface area (Å²) in [6.07, 6.45) is 0.824. The van der Waals surface area contributed by atoms with Crippen LogP contribution in [0.15, 0.2) is 46.0 Å². The quantitative estimate of drug-likeness (QED) is 0.869. The van der Waals surface area contributed by atoms with Crippen LogP contribution in [0.2, 0.25) is 0 Å². The first kappa shape index (κ1) is 14.6. The highest BCUT2D eigenvalue weighted by Crippen LogP contribution is 2.36. The van der Waals surface area contributed by atoms with Crippen LogP contribution in [0.1, 0.15) is 17.9 Å². The van der Waals surface area contributed by atoms with Gasteiger partial charge in [0.05, 0.1) is 7.11 Å². The fraction of sp³-hybridized carbons (Fsp3) is 0.333. The average Bonchev–Trinajstić information content (AvgIpc) is 3.18. The van der Waals surface area contributed by atoms with Crippen molar-refractivity contribution < 1.29 is 13.2 Å². The molecule has 1 aliphatic heterocycles. The predicted molar refractivity (Wildman–Crippen MR) is 83.4 cm³/mol. The predicted octanol–water partition coefficient (Wildman–Crippen LogP) is 2.93. The maximum atomic E-state index is 12.5. The summed E-state index contributed by atoms with van der Waals surface area (Å²) in [5.41, 5.74) is 1.09. The van der Waals surface area contributed by atoms with Crippen molar-refractivity contribution in [1.82, 2.24) is 4.31 Å². The molecule has 4 nitrogen and oxygen atoms in total. The van der Waals surface area contributed by atoms with Crippen LogP contribution in [0.4, 0.5) is 0 Å². The van der Waals surface area contributed by atoms with Crippen molar-refractivity contribution in [3.63, 3.8) is 0 Å². The van der Waals surface area contributed by atoms with E-state index in [1.54, 1.807) is 28.9 Å². The lowest BCUT2D eigenvalue weighted by Crippen LogP contribution is -2.28. The molecule has 1 unspecified atom stereocenters. The van der Waals surface area contributed by atoms with Crippen molar-refractivity contribution in [1.29, 1.82) is 0 Å². The second-order valence-corrected chi connectivity index (χ2v) is 8.14. The van der Waals surface area contributed by atoms with Crippen LogP contribution in [-0.2, 0) is 10.0 Å². The van der Waals surface area contributed by atoms with Gasteiger partial charge in [-0.15, -0.1) is 11.3 Å². The zero-order valence-electron chi connectivity index (χ0n) is 11.7. The van der Waals surface area contributed by atoms with Crippen LogP contribution >= 0.6 is 11.3 Å². The summed E-state index contributed by atoms with van der Waals surface area (Å²) in [4.78, 5) is 0. The molecule has 112 valence electrons. The smallest absolute Gasteiger partial charge is 0.252 e. The molecule has 0 aliphatic carbocycles. The fourth-order valence-electron chi connectivity index (χ4n) is 2.74. The highest BCUT2D eigenvalue weighted by atomic mass is 32.2. The Morgan fingerprint density at radius 2 is 2.05 bits per heavy atom. The number of nitrogens with zero attached hydrogens (tertiary/aromatic N) is 1. The zero-order chi connectivity index (χ0) is 14.9. The third-order valence-corrected chi connectivity index (χ3v) is 7.06. The maximum Gasteiger partial charge on any atom is 0.252 e. The van der Waals surface area contributed by atoms with E-state index in [1.165, 1.54) is 11.3 Å². The van der Waals surface area contributed by atoms with Gasteiger partial charge in [-0.1, -0.05) is 24.3 Å². The molecule has 0 N–H and O–H groups in total. The molecule has 0 bridgehead atoms. The summed E-state index contributed by atoms with van der Waals surface area (Å²) in [5, 5.41) is 1.79. The number of hydrogen-bond donors (Lipinski definition) is 0. The average molecular weight is 323 g/mol. The molecular formula is C15H17NO3S2. The Bertz CT molecular complexity index is 710. The molecule has 6 heteroatoms. The summed E-state index contributed by atoms with van der Waals surface area (Å²) in [5.74, 6) is 1.02. The highest BCUT2D eigenvalue weighted by molar-refractivity contribution is 7.91. The van der Waals surface area contributed by atoms with Gasteiger partial charge in [0.1, 0.15) is 9.96 Å². The number of hydrogen-bond acceptors (Lipinski definition) is 4. The first-order chi connectivity index (χ1) is 10.1. The van der Waals surface area contributed by atoms with Gasteiger partial charge in [0, 0.05) is 19.0 Å². The minimum atomic E-state index is -3.34. The summed E-state index contributed by atoms with van der Waals surface area (Å²) >= 11 is 1.27.